The van der Waals surface area contributed by atoms with Crippen LogP contribution in [0, 0.1) is 0 Å². The van der Waals surface area contributed by atoms with Gasteiger partial charge in [-0.1, -0.05) is 11.8 Å². The summed E-state index contributed by atoms with van der Waals surface area (Å²) in [5, 5.41) is 9.41. The standard InChI is InChI=1S/C25H22N4O4S/c1-31-20-6-4-19(5-7-20)29-24(17-9-11-26-12-10-17)27-28-25(29)34-16-21(30)18-3-8-22-23(15-18)33-14-2-13-32-22/h3-12,15H,2,13-14,16H2,1H3. The number of hydrogen-bond donors (Lipinski definition) is 0. The van der Waals surface area contributed by atoms with E-state index in [2.05, 4.69) is 15.2 Å². The molecular formula is C25H22N4O4S. The van der Waals surface area contributed by atoms with E-state index in [0.29, 0.717) is 41.3 Å². The lowest BCUT2D eigenvalue weighted by Crippen LogP contribution is -2.06. The third kappa shape index (κ3) is 4.60. The van der Waals surface area contributed by atoms with Gasteiger partial charge in [0, 0.05) is 35.6 Å². The Kier molecular flexibility index (Phi) is 6.44. The Labute approximate surface area is 200 Å². The molecule has 5 rings (SSSR count). The molecule has 0 spiro atoms. The number of pyridine rings is 1. The molecule has 0 amide bonds. The van der Waals surface area contributed by atoms with Crippen LogP contribution in [0.2, 0.25) is 0 Å². The molecule has 1 aliphatic rings. The van der Waals surface area contributed by atoms with Crippen molar-refractivity contribution in [3.05, 3.63) is 72.6 Å². The second kappa shape index (κ2) is 9.96. The van der Waals surface area contributed by atoms with Crippen LogP contribution in [-0.4, -0.2) is 51.6 Å². The van der Waals surface area contributed by atoms with Crippen LogP contribution >= 0.6 is 11.8 Å². The predicted molar refractivity (Wildman–Crippen MR) is 128 cm³/mol. The van der Waals surface area contributed by atoms with Crippen LogP contribution in [0.4, 0.5) is 0 Å². The maximum absolute atomic E-state index is 13.0. The summed E-state index contributed by atoms with van der Waals surface area (Å²) in [6, 6.07) is 16.7. The van der Waals surface area contributed by atoms with Gasteiger partial charge in [0.2, 0.25) is 0 Å². The molecule has 0 saturated heterocycles. The summed E-state index contributed by atoms with van der Waals surface area (Å²) in [5.74, 6) is 2.86. The lowest BCUT2D eigenvalue weighted by Gasteiger charge is -2.11. The zero-order valence-electron chi connectivity index (χ0n) is 18.5. The lowest BCUT2D eigenvalue weighted by atomic mass is 10.1. The van der Waals surface area contributed by atoms with Crippen LogP contribution in [0.1, 0.15) is 16.8 Å². The highest BCUT2D eigenvalue weighted by Crippen LogP contribution is 2.32. The van der Waals surface area contributed by atoms with Gasteiger partial charge in [0.05, 0.1) is 26.1 Å². The predicted octanol–water partition coefficient (Wildman–Crippen LogP) is 4.47. The Hall–Kier alpha value is -3.85. The molecular weight excluding hydrogens is 452 g/mol. The minimum atomic E-state index is -0.0320. The van der Waals surface area contributed by atoms with E-state index >= 15 is 0 Å². The minimum Gasteiger partial charge on any atom is -0.497 e. The molecule has 34 heavy (non-hydrogen) atoms. The number of aromatic nitrogens is 4. The molecule has 0 aliphatic carbocycles. The number of Topliss-reactive ketones (excluding diaryl/α,β-unsaturated/α-hetero) is 1. The molecule has 2 aromatic carbocycles. The fourth-order valence-electron chi connectivity index (χ4n) is 3.57. The SMILES string of the molecule is COc1ccc(-n2c(SCC(=O)c3ccc4c(c3)OCCCO4)nnc2-c2ccncc2)cc1. The van der Waals surface area contributed by atoms with Crippen molar-refractivity contribution < 1.29 is 19.0 Å². The Morgan fingerprint density at radius 1 is 1.00 bits per heavy atom. The van der Waals surface area contributed by atoms with Gasteiger partial charge in [-0.05, 0) is 54.6 Å². The number of carbonyl (C=O) groups is 1. The summed E-state index contributed by atoms with van der Waals surface area (Å²) in [5.41, 5.74) is 2.31. The summed E-state index contributed by atoms with van der Waals surface area (Å²) in [4.78, 5) is 17.1. The Morgan fingerprint density at radius 3 is 2.53 bits per heavy atom. The van der Waals surface area contributed by atoms with Crippen molar-refractivity contribution >= 4 is 17.5 Å². The monoisotopic (exact) mass is 474 g/mol. The molecule has 0 radical (unpaired) electrons. The summed E-state index contributed by atoms with van der Waals surface area (Å²) >= 11 is 1.33. The van der Waals surface area contributed by atoms with Crippen LogP contribution < -0.4 is 14.2 Å². The summed E-state index contributed by atoms with van der Waals surface area (Å²) in [6.45, 7) is 1.18. The summed E-state index contributed by atoms with van der Waals surface area (Å²) in [7, 11) is 1.63. The molecule has 0 bridgehead atoms. The highest BCUT2D eigenvalue weighted by molar-refractivity contribution is 7.99. The van der Waals surface area contributed by atoms with Crippen molar-refractivity contribution in [3.63, 3.8) is 0 Å². The van der Waals surface area contributed by atoms with E-state index < -0.39 is 0 Å². The molecule has 0 N–H and O–H groups in total. The molecule has 1 aliphatic heterocycles. The normalized spacial score (nSPS) is 12.7. The Balaban J connectivity index is 1.42. The Morgan fingerprint density at radius 2 is 1.76 bits per heavy atom. The zero-order chi connectivity index (χ0) is 23.3. The van der Waals surface area contributed by atoms with Gasteiger partial charge in [0.1, 0.15) is 5.75 Å². The highest BCUT2D eigenvalue weighted by Gasteiger charge is 2.19. The molecule has 9 heteroatoms. The highest BCUT2D eigenvalue weighted by atomic mass is 32.2. The third-order valence-corrected chi connectivity index (χ3v) is 6.23. The zero-order valence-corrected chi connectivity index (χ0v) is 19.3. The first kappa shape index (κ1) is 22.0. The molecule has 8 nitrogen and oxygen atoms in total. The van der Waals surface area contributed by atoms with Gasteiger partial charge in [-0.2, -0.15) is 0 Å². The van der Waals surface area contributed by atoms with E-state index in [-0.39, 0.29) is 11.5 Å². The second-order valence-electron chi connectivity index (χ2n) is 7.50. The van der Waals surface area contributed by atoms with Crippen LogP contribution in [0.25, 0.3) is 17.1 Å². The quantitative estimate of drug-likeness (QED) is 0.286. The van der Waals surface area contributed by atoms with Crippen molar-refractivity contribution in [1.82, 2.24) is 19.7 Å². The van der Waals surface area contributed by atoms with Crippen molar-refractivity contribution in [1.29, 1.82) is 0 Å². The van der Waals surface area contributed by atoms with Gasteiger partial charge < -0.3 is 14.2 Å². The average Bonchev–Trinajstić information content (AvgIpc) is 3.17. The van der Waals surface area contributed by atoms with Crippen LogP contribution in [0.5, 0.6) is 17.2 Å². The van der Waals surface area contributed by atoms with Crippen LogP contribution in [0.15, 0.2) is 72.1 Å². The van der Waals surface area contributed by atoms with Crippen molar-refractivity contribution in [2.45, 2.75) is 11.6 Å². The average molecular weight is 475 g/mol. The minimum absolute atomic E-state index is 0.0320. The van der Waals surface area contributed by atoms with Gasteiger partial charge in [0.15, 0.2) is 28.3 Å². The lowest BCUT2D eigenvalue weighted by molar-refractivity contribution is 0.102. The molecule has 3 heterocycles. The molecule has 0 atom stereocenters. The number of ether oxygens (including phenoxy) is 3. The van der Waals surface area contributed by atoms with E-state index in [1.807, 2.05) is 41.0 Å². The van der Waals surface area contributed by atoms with Crippen LogP contribution in [0.3, 0.4) is 0 Å². The summed E-state index contributed by atoms with van der Waals surface area (Å²) in [6.07, 6.45) is 4.24. The number of carbonyl (C=O) groups excluding carboxylic acids is 1. The van der Waals surface area contributed by atoms with Gasteiger partial charge in [-0.3, -0.25) is 14.3 Å². The topological polar surface area (TPSA) is 88.4 Å². The smallest absolute Gasteiger partial charge is 0.196 e. The maximum Gasteiger partial charge on any atom is 0.196 e. The second-order valence-corrected chi connectivity index (χ2v) is 8.44. The fourth-order valence-corrected chi connectivity index (χ4v) is 4.41. The molecule has 0 saturated carbocycles. The summed E-state index contributed by atoms with van der Waals surface area (Å²) < 4.78 is 18.6. The van der Waals surface area contributed by atoms with Crippen molar-refractivity contribution in [2.75, 3.05) is 26.1 Å². The first-order chi connectivity index (χ1) is 16.7. The van der Waals surface area contributed by atoms with Gasteiger partial charge in [0.25, 0.3) is 0 Å². The molecule has 0 fully saturated rings. The number of thioether (sulfide) groups is 1. The maximum atomic E-state index is 13.0. The third-order valence-electron chi connectivity index (χ3n) is 5.30. The van der Waals surface area contributed by atoms with E-state index in [1.165, 1.54) is 11.8 Å². The number of ketones is 1. The number of fused-ring (bicyclic) bond motifs is 1. The van der Waals surface area contributed by atoms with E-state index in [4.69, 9.17) is 14.2 Å². The Bertz CT molecular complexity index is 1290. The van der Waals surface area contributed by atoms with E-state index in [9.17, 15) is 4.79 Å². The van der Waals surface area contributed by atoms with Gasteiger partial charge in [-0.25, -0.2) is 0 Å². The number of benzene rings is 2. The van der Waals surface area contributed by atoms with Crippen molar-refractivity contribution in [3.8, 4) is 34.3 Å². The fraction of sp³-hybridized carbons (Fsp3) is 0.200. The molecule has 0 unspecified atom stereocenters. The number of hydrogen-bond acceptors (Lipinski definition) is 8. The molecule has 4 aromatic rings. The number of rotatable bonds is 7. The van der Waals surface area contributed by atoms with E-state index in [1.54, 1.807) is 37.7 Å². The van der Waals surface area contributed by atoms with Gasteiger partial charge >= 0.3 is 0 Å². The molecule has 172 valence electrons. The first-order valence-electron chi connectivity index (χ1n) is 10.8. The van der Waals surface area contributed by atoms with Crippen molar-refractivity contribution in [2.24, 2.45) is 0 Å². The number of methoxy groups -OCH3 is 1. The van der Waals surface area contributed by atoms with Gasteiger partial charge in [-0.15, -0.1) is 10.2 Å². The van der Waals surface area contributed by atoms with E-state index in [0.717, 1.165) is 23.4 Å². The number of nitrogens with zero attached hydrogens (tertiary/aromatic N) is 4. The largest absolute Gasteiger partial charge is 0.497 e. The molecule has 2 aromatic heterocycles. The first-order valence-corrected chi connectivity index (χ1v) is 11.8. The van der Waals surface area contributed by atoms with Crippen LogP contribution in [-0.2, 0) is 0 Å².